The van der Waals surface area contributed by atoms with Crippen LogP contribution in [0.2, 0.25) is 0 Å². The summed E-state index contributed by atoms with van der Waals surface area (Å²) in [4.78, 5) is 28.9. The van der Waals surface area contributed by atoms with Crippen molar-refractivity contribution in [3.8, 4) is 0 Å². The monoisotopic (exact) mass is 477 g/mol. The highest BCUT2D eigenvalue weighted by atomic mass is 32.2. The van der Waals surface area contributed by atoms with Crippen molar-refractivity contribution in [1.82, 2.24) is 9.62 Å². The zero-order valence-corrected chi connectivity index (χ0v) is 21.1. The predicted molar refractivity (Wildman–Crippen MR) is 132 cm³/mol. The molecule has 1 N–H and O–H groups in total. The molecule has 1 unspecified atom stereocenters. The number of benzene rings is 1. The molecule has 7 nitrogen and oxygen atoms in total. The second-order valence-corrected chi connectivity index (χ2v) is 11.7. The fourth-order valence-corrected chi connectivity index (χ4v) is 6.62. The maximum atomic E-state index is 13.8. The van der Waals surface area contributed by atoms with Gasteiger partial charge in [-0.25, -0.2) is 8.42 Å². The van der Waals surface area contributed by atoms with Crippen LogP contribution in [0.25, 0.3) is 0 Å². The molecule has 2 amide bonds. The Labute approximate surface area is 199 Å². The molecule has 33 heavy (non-hydrogen) atoms. The lowest BCUT2D eigenvalue weighted by atomic mass is 9.91. The Morgan fingerprint density at radius 2 is 1.73 bits per heavy atom. The van der Waals surface area contributed by atoms with Gasteiger partial charge in [0.1, 0.15) is 5.54 Å². The summed E-state index contributed by atoms with van der Waals surface area (Å²) in [5, 5.41) is 3.20. The average Bonchev–Trinajstić information content (AvgIpc) is 2.75. The smallest absolute Gasteiger partial charge is 0.247 e. The number of carbonyl (C=O) groups excluding carboxylic acids is 2. The Balaban J connectivity index is 1.98. The van der Waals surface area contributed by atoms with E-state index < -0.39 is 15.6 Å². The zero-order valence-electron chi connectivity index (χ0n) is 20.3. The first-order valence-corrected chi connectivity index (χ1v) is 14.0. The summed E-state index contributed by atoms with van der Waals surface area (Å²) in [6, 6.07) is 7.63. The lowest BCUT2D eigenvalue weighted by Crippen LogP contribution is -2.71. The van der Waals surface area contributed by atoms with E-state index >= 15 is 0 Å². The number of sulfonamides is 1. The number of rotatable bonds is 7. The third-order valence-corrected chi connectivity index (χ3v) is 8.91. The molecular weight excluding hydrogens is 438 g/mol. The lowest BCUT2D eigenvalue weighted by Gasteiger charge is -2.47. The van der Waals surface area contributed by atoms with E-state index in [9.17, 15) is 18.0 Å². The highest BCUT2D eigenvalue weighted by Crippen LogP contribution is 2.34. The number of piperazine rings is 1. The summed E-state index contributed by atoms with van der Waals surface area (Å²) in [6.07, 6.45) is 8.71. The molecule has 1 saturated carbocycles. The average molecular weight is 478 g/mol. The normalized spacial score (nSPS) is 23.7. The van der Waals surface area contributed by atoms with E-state index in [4.69, 9.17) is 0 Å². The third kappa shape index (κ3) is 5.77. The summed E-state index contributed by atoms with van der Waals surface area (Å²) in [5.41, 5.74) is 0.317. The Kier molecular flexibility index (Phi) is 8.56. The molecule has 1 aliphatic heterocycles. The van der Waals surface area contributed by atoms with Crippen LogP contribution >= 0.6 is 0 Å². The van der Waals surface area contributed by atoms with Crippen molar-refractivity contribution in [3.63, 3.8) is 0 Å². The summed E-state index contributed by atoms with van der Waals surface area (Å²) in [7, 11) is -3.63. The Morgan fingerprint density at radius 3 is 2.36 bits per heavy atom. The van der Waals surface area contributed by atoms with Crippen LogP contribution in [0.3, 0.4) is 0 Å². The van der Waals surface area contributed by atoms with Gasteiger partial charge < -0.3 is 5.32 Å². The van der Waals surface area contributed by atoms with Crippen LogP contribution in [0.5, 0.6) is 0 Å². The zero-order chi connectivity index (χ0) is 24.1. The number of amides is 2. The molecule has 0 spiro atoms. The first-order chi connectivity index (χ1) is 15.7. The molecular formula is C25H39N3O4S. The van der Waals surface area contributed by atoms with Gasteiger partial charge in [-0.15, -0.1) is 0 Å². The van der Waals surface area contributed by atoms with Crippen LogP contribution in [0.4, 0.5) is 5.69 Å². The minimum Gasteiger partial charge on any atom is -0.351 e. The van der Waals surface area contributed by atoms with E-state index in [-0.39, 0.29) is 36.7 Å². The number of anilines is 1. The molecule has 1 heterocycles. The molecule has 1 aromatic rings. The van der Waals surface area contributed by atoms with Gasteiger partial charge in [0, 0.05) is 18.3 Å². The van der Waals surface area contributed by atoms with Gasteiger partial charge >= 0.3 is 0 Å². The van der Waals surface area contributed by atoms with Gasteiger partial charge in [-0.05, 0) is 44.2 Å². The van der Waals surface area contributed by atoms with Crippen LogP contribution < -0.4 is 10.2 Å². The van der Waals surface area contributed by atoms with Gasteiger partial charge in [0.25, 0.3) is 0 Å². The number of nitrogens with one attached hydrogen (secondary N) is 1. The second kappa shape index (κ2) is 11.0. The van der Waals surface area contributed by atoms with Gasteiger partial charge in [0.15, 0.2) is 0 Å². The minimum atomic E-state index is -3.63. The Hall–Kier alpha value is -1.93. The lowest BCUT2D eigenvalue weighted by molar-refractivity contribution is -0.133. The van der Waals surface area contributed by atoms with Crippen molar-refractivity contribution in [2.24, 2.45) is 0 Å². The molecule has 2 fully saturated rings. The SMILES string of the molecule is CCCS(=O)(=O)N1CC(=O)N(c2ccccc2CC)C(C)(C(=O)NC2CCCCCCC2)C1. The van der Waals surface area contributed by atoms with Crippen molar-refractivity contribution < 1.29 is 18.0 Å². The van der Waals surface area contributed by atoms with Crippen LogP contribution in [0.1, 0.15) is 77.7 Å². The van der Waals surface area contributed by atoms with Gasteiger partial charge in [-0.3, -0.25) is 14.5 Å². The first kappa shape index (κ1) is 25.7. The van der Waals surface area contributed by atoms with E-state index in [1.54, 1.807) is 18.7 Å². The fraction of sp³-hybridized carbons (Fsp3) is 0.680. The van der Waals surface area contributed by atoms with E-state index in [2.05, 4.69) is 5.32 Å². The van der Waals surface area contributed by atoms with Gasteiger partial charge in [0.05, 0.1) is 12.3 Å². The second-order valence-electron chi connectivity index (χ2n) is 9.58. The molecule has 1 atom stereocenters. The van der Waals surface area contributed by atoms with E-state index in [1.165, 1.54) is 23.6 Å². The van der Waals surface area contributed by atoms with Crippen molar-refractivity contribution >= 4 is 27.5 Å². The van der Waals surface area contributed by atoms with Gasteiger partial charge in [-0.1, -0.05) is 64.2 Å². The number of nitrogens with zero attached hydrogens (tertiary/aromatic N) is 2. The summed E-state index contributed by atoms with van der Waals surface area (Å²) < 4.78 is 27.0. The summed E-state index contributed by atoms with van der Waals surface area (Å²) in [6.45, 7) is 5.23. The number of carbonyl (C=O) groups is 2. The molecule has 1 aromatic carbocycles. The van der Waals surface area contributed by atoms with Crippen molar-refractivity contribution in [2.45, 2.75) is 90.1 Å². The standard InChI is InChI=1S/C25H39N3O4S/c1-4-17-33(31,32)27-18-23(29)28(22-16-12-11-13-20(22)5-2)25(3,19-27)24(30)26-21-14-9-7-6-8-10-15-21/h11-13,16,21H,4-10,14-15,17-19H2,1-3H3,(H,26,30). The third-order valence-electron chi connectivity index (χ3n) is 6.94. The molecule has 0 aromatic heterocycles. The molecule has 0 bridgehead atoms. The number of para-hydroxylation sites is 1. The van der Waals surface area contributed by atoms with Gasteiger partial charge in [-0.2, -0.15) is 4.31 Å². The van der Waals surface area contributed by atoms with Crippen LogP contribution in [0, 0.1) is 0 Å². The Bertz CT molecular complexity index is 941. The quantitative estimate of drug-likeness (QED) is 0.650. The van der Waals surface area contributed by atoms with E-state index in [1.807, 2.05) is 31.2 Å². The molecule has 1 aliphatic carbocycles. The largest absolute Gasteiger partial charge is 0.351 e. The molecule has 8 heteroatoms. The summed E-state index contributed by atoms with van der Waals surface area (Å²) in [5.74, 6) is -0.674. The number of hydrogen-bond acceptors (Lipinski definition) is 4. The molecule has 1 saturated heterocycles. The molecule has 2 aliphatic rings. The van der Waals surface area contributed by atoms with E-state index in [0.717, 1.165) is 31.2 Å². The number of aryl methyl sites for hydroxylation is 1. The van der Waals surface area contributed by atoms with Crippen LogP contribution in [-0.4, -0.2) is 55.0 Å². The minimum absolute atomic E-state index is 0.0356. The maximum Gasteiger partial charge on any atom is 0.247 e. The molecule has 0 radical (unpaired) electrons. The maximum absolute atomic E-state index is 13.8. The Morgan fingerprint density at radius 1 is 1.09 bits per heavy atom. The van der Waals surface area contributed by atoms with Gasteiger partial charge in [0.2, 0.25) is 21.8 Å². The predicted octanol–water partition coefficient (Wildman–Crippen LogP) is 3.63. The van der Waals surface area contributed by atoms with E-state index in [0.29, 0.717) is 18.5 Å². The van der Waals surface area contributed by atoms with Crippen molar-refractivity contribution in [2.75, 3.05) is 23.7 Å². The highest BCUT2D eigenvalue weighted by molar-refractivity contribution is 7.89. The van der Waals surface area contributed by atoms with Crippen molar-refractivity contribution in [1.29, 1.82) is 0 Å². The van der Waals surface area contributed by atoms with Crippen molar-refractivity contribution in [3.05, 3.63) is 29.8 Å². The number of hydrogen-bond donors (Lipinski definition) is 1. The first-order valence-electron chi connectivity index (χ1n) is 12.4. The molecule has 3 rings (SSSR count). The molecule has 184 valence electrons. The fourth-order valence-electron chi connectivity index (χ4n) is 5.09. The topological polar surface area (TPSA) is 86.8 Å². The summed E-state index contributed by atoms with van der Waals surface area (Å²) >= 11 is 0. The van der Waals surface area contributed by atoms with Crippen LogP contribution in [0.15, 0.2) is 24.3 Å². The highest BCUT2D eigenvalue weighted by Gasteiger charge is 2.51. The van der Waals surface area contributed by atoms with Crippen LogP contribution in [-0.2, 0) is 26.0 Å².